The highest BCUT2D eigenvalue weighted by atomic mass is 31.1. The van der Waals surface area contributed by atoms with Crippen molar-refractivity contribution in [1.29, 1.82) is 0 Å². The van der Waals surface area contributed by atoms with Crippen LogP contribution in [0, 0.1) is 0 Å². The lowest BCUT2D eigenvalue weighted by Crippen LogP contribution is -1.78. The van der Waals surface area contributed by atoms with Gasteiger partial charge in [0.1, 0.15) is 0 Å². The Hall–Kier alpha value is -1.21. The Morgan fingerprint density at radius 3 is 2.55 bits per heavy atom. The summed E-state index contributed by atoms with van der Waals surface area (Å²) in [7, 11) is 0.261. The number of rotatable bonds is 1. The van der Waals surface area contributed by atoms with Crippen LogP contribution in [0.1, 0.15) is 0 Å². The minimum Gasteiger partial charge on any atom is -0.197 e. The summed E-state index contributed by atoms with van der Waals surface area (Å²) < 4.78 is 4.12. The van der Waals surface area contributed by atoms with E-state index < -0.39 is 0 Å². The van der Waals surface area contributed by atoms with Crippen molar-refractivity contribution in [2.75, 3.05) is 0 Å². The van der Waals surface area contributed by atoms with Crippen LogP contribution in [0.4, 0.5) is 0 Å². The molecule has 0 saturated heterocycles. The molecule has 0 fully saturated rings. The van der Waals surface area contributed by atoms with Gasteiger partial charge in [-0.25, -0.2) is 0 Å². The molecule has 0 bridgehead atoms. The Labute approximate surface area is 65.7 Å². The van der Waals surface area contributed by atoms with E-state index in [0.29, 0.717) is 0 Å². The molecule has 3 nitrogen and oxygen atoms in total. The molecule has 4 heteroatoms. The number of nitrogens with zero attached hydrogens (tertiary/aromatic N) is 3. The van der Waals surface area contributed by atoms with Crippen LogP contribution >= 0.6 is 8.51 Å². The second kappa shape index (κ2) is 2.81. The van der Waals surface area contributed by atoms with E-state index in [1.54, 1.807) is 0 Å². The molecule has 0 N–H and O–H groups in total. The summed E-state index contributed by atoms with van der Waals surface area (Å²) in [6.45, 7) is 0. The fourth-order valence-electron chi connectivity index (χ4n) is 0.871. The lowest BCUT2D eigenvalue weighted by atomic mass is 10.2. The van der Waals surface area contributed by atoms with E-state index >= 15 is 0 Å². The maximum absolute atomic E-state index is 4.12. The zero-order valence-corrected chi connectivity index (χ0v) is 6.73. The van der Waals surface area contributed by atoms with Crippen LogP contribution in [-0.2, 0) is 0 Å². The first-order chi connectivity index (χ1) is 5.47. The predicted octanol–water partition coefficient (Wildman–Crippen LogP) is 1.57. The summed E-state index contributed by atoms with van der Waals surface area (Å²) >= 11 is 0. The Bertz CT molecular complexity index is 317. The fourth-order valence-corrected chi connectivity index (χ4v) is 1.32. The molecule has 0 amide bonds. The van der Waals surface area contributed by atoms with Crippen LogP contribution in [0.3, 0.4) is 0 Å². The zero-order chi connectivity index (χ0) is 7.52. The summed E-state index contributed by atoms with van der Waals surface area (Å²) in [5.41, 5.74) is 1.04. The summed E-state index contributed by atoms with van der Waals surface area (Å²) in [5, 5.41) is 3.89. The van der Waals surface area contributed by atoms with E-state index in [0.717, 1.165) is 11.4 Å². The van der Waals surface area contributed by atoms with Crippen LogP contribution in [0.15, 0.2) is 30.3 Å². The average Bonchev–Trinajstić information content (AvgIpc) is 2.58. The quantitative estimate of drug-likeness (QED) is 0.640. The first kappa shape index (κ1) is 6.50. The highest BCUT2D eigenvalue weighted by Crippen LogP contribution is 2.13. The standard InChI is InChI=1S/C7H6N3P/c1-2-4-6(5-3-1)7-8-10-11-9-7/h1-5,11H. The van der Waals surface area contributed by atoms with Gasteiger partial charge in [-0.05, 0) is 0 Å². The van der Waals surface area contributed by atoms with Crippen LogP contribution < -0.4 is 0 Å². The molecule has 2 aromatic rings. The van der Waals surface area contributed by atoms with Gasteiger partial charge in [0.05, 0.1) is 8.51 Å². The van der Waals surface area contributed by atoms with Gasteiger partial charge in [-0.1, -0.05) is 30.3 Å². The minimum atomic E-state index is 0.261. The number of hydrogen-bond donors (Lipinski definition) is 0. The third-order valence-corrected chi connectivity index (χ3v) is 1.88. The Morgan fingerprint density at radius 2 is 1.91 bits per heavy atom. The van der Waals surface area contributed by atoms with Crippen molar-refractivity contribution >= 4 is 8.51 Å². The van der Waals surface area contributed by atoms with Gasteiger partial charge in [-0.3, -0.25) is 0 Å². The molecule has 0 aliphatic carbocycles. The first-order valence-corrected chi connectivity index (χ1v) is 4.15. The summed E-state index contributed by atoms with van der Waals surface area (Å²) in [4.78, 5) is 3.79. The van der Waals surface area contributed by atoms with Gasteiger partial charge in [-0.15, -0.1) is 9.96 Å². The van der Waals surface area contributed by atoms with Gasteiger partial charge in [0, 0.05) is 5.56 Å². The van der Waals surface area contributed by atoms with Crippen molar-refractivity contribution < 1.29 is 0 Å². The highest BCUT2D eigenvalue weighted by Gasteiger charge is 1.97. The van der Waals surface area contributed by atoms with Gasteiger partial charge in [0.25, 0.3) is 0 Å². The number of aromatic nitrogens is 3. The molecule has 11 heavy (non-hydrogen) atoms. The van der Waals surface area contributed by atoms with Crippen LogP contribution in [-0.4, -0.2) is 14.7 Å². The maximum Gasteiger partial charge on any atom is 0.186 e. The van der Waals surface area contributed by atoms with E-state index in [-0.39, 0.29) is 8.51 Å². The molecule has 1 heterocycles. The Balaban J connectivity index is 2.46. The average molecular weight is 163 g/mol. The van der Waals surface area contributed by atoms with E-state index in [4.69, 9.17) is 0 Å². The zero-order valence-electron chi connectivity index (χ0n) is 5.73. The van der Waals surface area contributed by atoms with Crippen molar-refractivity contribution in [3.63, 3.8) is 0 Å². The van der Waals surface area contributed by atoms with Crippen LogP contribution in [0.2, 0.25) is 0 Å². The lowest BCUT2D eigenvalue weighted by molar-refractivity contribution is 1.14. The number of benzene rings is 1. The molecule has 1 unspecified atom stereocenters. The van der Waals surface area contributed by atoms with Gasteiger partial charge in [0.2, 0.25) is 0 Å². The smallest absolute Gasteiger partial charge is 0.186 e. The topological polar surface area (TPSA) is 38.7 Å². The minimum absolute atomic E-state index is 0.261. The fraction of sp³-hybridized carbons (Fsp3) is 0. The Morgan fingerprint density at radius 1 is 1.09 bits per heavy atom. The molecule has 0 aliphatic rings. The third kappa shape index (κ3) is 1.28. The van der Waals surface area contributed by atoms with Crippen molar-refractivity contribution in [3.8, 4) is 11.4 Å². The van der Waals surface area contributed by atoms with Crippen molar-refractivity contribution in [3.05, 3.63) is 30.3 Å². The third-order valence-electron chi connectivity index (χ3n) is 1.38. The van der Waals surface area contributed by atoms with Crippen molar-refractivity contribution in [1.82, 2.24) is 14.7 Å². The summed E-state index contributed by atoms with van der Waals surface area (Å²) in [6, 6.07) is 9.86. The van der Waals surface area contributed by atoms with E-state index in [2.05, 4.69) is 14.7 Å². The van der Waals surface area contributed by atoms with E-state index in [1.165, 1.54) is 0 Å². The SMILES string of the molecule is c1ccc(-c2nn[pH]n2)cc1. The molecule has 0 saturated carbocycles. The molecule has 0 radical (unpaired) electrons. The van der Waals surface area contributed by atoms with Gasteiger partial charge in [0.15, 0.2) is 5.82 Å². The molecular formula is C7H6N3P. The number of hydrogen-bond acceptors (Lipinski definition) is 3. The largest absolute Gasteiger partial charge is 0.197 e. The van der Waals surface area contributed by atoms with Crippen LogP contribution in [0.5, 0.6) is 0 Å². The van der Waals surface area contributed by atoms with Crippen molar-refractivity contribution in [2.24, 2.45) is 0 Å². The van der Waals surface area contributed by atoms with Crippen LogP contribution in [0.25, 0.3) is 11.4 Å². The molecule has 54 valence electrons. The maximum atomic E-state index is 4.12. The van der Waals surface area contributed by atoms with E-state index in [1.807, 2.05) is 30.3 Å². The van der Waals surface area contributed by atoms with Gasteiger partial charge < -0.3 is 0 Å². The van der Waals surface area contributed by atoms with E-state index in [9.17, 15) is 0 Å². The van der Waals surface area contributed by atoms with Crippen molar-refractivity contribution in [2.45, 2.75) is 0 Å². The predicted molar refractivity (Wildman–Crippen MR) is 44.8 cm³/mol. The van der Waals surface area contributed by atoms with Gasteiger partial charge in [-0.2, -0.15) is 4.75 Å². The summed E-state index contributed by atoms with van der Waals surface area (Å²) in [5.74, 6) is 0.754. The molecule has 2 rings (SSSR count). The molecule has 1 aromatic heterocycles. The highest BCUT2D eigenvalue weighted by molar-refractivity contribution is 7.20. The normalized spacial score (nSPS) is 10.5. The molecule has 0 spiro atoms. The molecule has 0 aliphatic heterocycles. The van der Waals surface area contributed by atoms with Gasteiger partial charge >= 0.3 is 0 Å². The molecule has 1 aromatic carbocycles. The molecular weight excluding hydrogens is 157 g/mol. The second-order valence-corrected chi connectivity index (χ2v) is 2.73. The monoisotopic (exact) mass is 163 g/mol. The summed E-state index contributed by atoms with van der Waals surface area (Å²) in [6.07, 6.45) is 0. The molecule has 1 atom stereocenters. The second-order valence-electron chi connectivity index (χ2n) is 2.10. The Kier molecular flexibility index (Phi) is 1.66. The lowest BCUT2D eigenvalue weighted by Gasteiger charge is -1.89. The first-order valence-electron chi connectivity index (χ1n) is 3.26.